The van der Waals surface area contributed by atoms with Gasteiger partial charge in [-0.2, -0.15) is 15.0 Å². The topological polar surface area (TPSA) is 152 Å². The van der Waals surface area contributed by atoms with Crippen molar-refractivity contribution >= 4 is 35.5 Å². The number of amides is 3. The third-order valence-electron chi connectivity index (χ3n) is 6.00. The van der Waals surface area contributed by atoms with Crippen molar-refractivity contribution in [2.75, 3.05) is 17.6 Å². The van der Waals surface area contributed by atoms with Gasteiger partial charge in [0.05, 0.1) is 0 Å². The van der Waals surface area contributed by atoms with Crippen LogP contribution >= 0.6 is 0 Å². The molecule has 0 radical (unpaired) electrons. The molecule has 1 saturated carbocycles. The van der Waals surface area contributed by atoms with Crippen molar-refractivity contribution in [3.63, 3.8) is 0 Å². The van der Waals surface area contributed by atoms with E-state index in [-0.39, 0.29) is 41.6 Å². The lowest BCUT2D eigenvalue weighted by Crippen LogP contribution is -2.54. The van der Waals surface area contributed by atoms with Crippen LogP contribution in [0.2, 0.25) is 0 Å². The van der Waals surface area contributed by atoms with Crippen LogP contribution in [0.25, 0.3) is 0 Å². The number of esters is 1. The lowest BCUT2D eigenvalue weighted by molar-refractivity contribution is -0.149. The van der Waals surface area contributed by atoms with Crippen molar-refractivity contribution in [3.05, 3.63) is 36.2 Å². The minimum absolute atomic E-state index is 0.0375. The van der Waals surface area contributed by atoms with Gasteiger partial charge in [-0.1, -0.05) is 39.0 Å². The fourth-order valence-electron chi connectivity index (χ4n) is 5.18. The Morgan fingerprint density at radius 2 is 1.94 bits per heavy atom. The van der Waals surface area contributed by atoms with Gasteiger partial charge in [-0.25, -0.2) is 4.79 Å². The van der Waals surface area contributed by atoms with E-state index in [1.807, 2.05) is 30.3 Å². The fraction of sp³-hybridized carbons (Fsp3) is 0.478. The van der Waals surface area contributed by atoms with Crippen LogP contribution in [0.4, 0.5) is 22.4 Å². The molecule has 0 bridgehead atoms. The number of aromatic nitrogens is 3. The summed E-state index contributed by atoms with van der Waals surface area (Å²) in [5.41, 5.74) is 5.44. The molecule has 2 aromatic rings. The van der Waals surface area contributed by atoms with Crippen molar-refractivity contribution in [3.8, 4) is 0 Å². The highest BCUT2D eigenvalue weighted by molar-refractivity contribution is 6.08. The number of nitrogen functional groups attached to an aromatic ring is 1. The number of hydrogen-bond acceptors (Lipinski definition) is 9. The smallest absolute Gasteiger partial charge is 0.326 e. The van der Waals surface area contributed by atoms with E-state index in [2.05, 4.69) is 46.4 Å². The molecule has 180 valence electrons. The molecule has 1 saturated heterocycles. The van der Waals surface area contributed by atoms with E-state index in [1.54, 1.807) is 0 Å². The maximum atomic E-state index is 13.2. The number of para-hydroxylation sites is 1. The number of nitrogens with one attached hydrogen (secondary N) is 2. The molecular weight excluding hydrogens is 438 g/mol. The Hall–Kier alpha value is -3.76. The average molecular weight is 468 g/mol. The number of rotatable bonds is 6. The summed E-state index contributed by atoms with van der Waals surface area (Å²) in [6.07, 6.45) is 2.05. The Kier molecular flexibility index (Phi) is 6.11. The van der Waals surface area contributed by atoms with Gasteiger partial charge in [0, 0.05) is 5.69 Å². The van der Waals surface area contributed by atoms with Gasteiger partial charge >= 0.3 is 12.0 Å². The largest absolute Gasteiger partial charge is 0.456 e. The minimum atomic E-state index is -0.973. The summed E-state index contributed by atoms with van der Waals surface area (Å²) in [5.74, 6) is -0.559. The standard InChI is InChI=1S/C23H29N7O4/c1-14-9-22(2,3)13-23(10-14)18(32)30(21(33)29-23)11-17(31)34-12-16-26-19(24)28-20(27-16)25-15-7-5-4-6-8-15/h4-8,14H,9-13H2,1-3H3,(H,29,33)(H3,24,25,26,27,28). The highest BCUT2D eigenvalue weighted by Crippen LogP contribution is 2.46. The number of imide groups is 1. The second-order valence-corrected chi connectivity index (χ2v) is 9.84. The lowest BCUT2D eigenvalue weighted by atomic mass is 9.64. The molecule has 1 aliphatic heterocycles. The van der Waals surface area contributed by atoms with E-state index in [1.165, 1.54) is 0 Å². The third-order valence-corrected chi connectivity index (χ3v) is 6.00. The monoisotopic (exact) mass is 467 g/mol. The number of hydrogen-bond donors (Lipinski definition) is 3. The van der Waals surface area contributed by atoms with Crippen LogP contribution in [-0.4, -0.2) is 49.8 Å². The summed E-state index contributed by atoms with van der Waals surface area (Å²) in [6, 6.07) is 8.67. The minimum Gasteiger partial charge on any atom is -0.456 e. The molecule has 2 heterocycles. The first-order valence-electron chi connectivity index (χ1n) is 11.2. The van der Waals surface area contributed by atoms with Crippen LogP contribution in [0, 0.1) is 11.3 Å². The van der Waals surface area contributed by atoms with Crippen molar-refractivity contribution in [1.29, 1.82) is 0 Å². The Morgan fingerprint density at radius 1 is 1.21 bits per heavy atom. The van der Waals surface area contributed by atoms with E-state index < -0.39 is 24.1 Å². The molecule has 1 spiro atoms. The number of ether oxygens (including phenoxy) is 1. The van der Waals surface area contributed by atoms with E-state index >= 15 is 0 Å². The molecule has 1 aliphatic carbocycles. The molecule has 2 fully saturated rings. The quantitative estimate of drug-likeness (QED) is 0.429. The third kappa shape index (κ3) is 5.08. The van der Waals surface area contributed by atoms with Gasteiger partial charge in [0.15, 0.2) is 12.4 Å². The Balaban J connectivity index is 1.38. The van der Waals surface area contributed by atoms with Crippen LogP contribution in [0.5, 0.6) is 0 Å². The Bertz CT molecular complexity index is 1110. The zero-order chi connectivity index (χ0) is 24.5. The number of benzene rings is 1. The first-order valence-corrected chi connectivity index (χ1v) is 11.2. The summed E-state index contributed by atoms with van der Waals surface area (Å²) in [5, 5.41) is 5.84. The van der Waals surface area contributed by atoms with Crippen LogP contribution in [0.3, 0.4) is 0 Å². The van der Waals surface area contributed by atoms with Crippen molar-refractivity contribution in [2.45, 2.75) is 52.2 Å². The van der Waals surface area contributed by atoms with Gasteiger partial charge in [0.1, 0.15) is 12.1 Å². The fourth-order valence-corrected chi connectivity index (χ4v) is 5.18. The van der Waals surface area contributed by atoms with Crippen LogP contribution in [0.1, 0.15) is 45.9 Å². The second-order valence-electron chi connectivity index (χ2n) is 9.84. The summed E-state index contributed by atoms with van der Waals surface area (Å²) >= 11 is 0. The molecule has 3 amide bonds. The molecule has 2 aliphatic rings. The van der Waals surface area contributed by atoms with E-state index in [4.69, 9.17) is 10.5 Å². The van der Waals surface area contributed by atoms with Gasteiger partial charge < -0.3 is 21.1 Å². The highest BCUT2D eigenvalue weighted by Gasteiger charge is 2.56. The van der Waals surface area contributed by atoms with Gasteiger partial charge in [-0.05, 0) is 42.7 Å². The van der Waals surface area contributed by atoms with Gasteiger partial charge in [0.25, 0.3) is 5.91 Å². The van der Waals surface area contributed by atoms with Crippen molar-refractivity contribution in [2.24, 2.45) is 11.3 Å². The predicted octanol–water partition coefficient (Wildman–Crippen LogP) is 2.38. The second kappa shape index (κ2) is 8.88. The predicted molar refractivity (Wildman–Crippen MR) is 124 cm³/mol. The molecule has 4 rings (SSSR count). The van der Waals surface area contributed by atoms with Crippen LogP contribution in [-0.2, 0) is 20.9 Å². The number of urea groups is 1. The normalized spacial score (nSPS) is 23.6. The molecule has 11 heteroatoms. The summed E-state index contributed by atoms with van der Waals surface area (Å²) in [7, 11) is 0. The highest BCUT2D eigenvalue weighted by atomic mass is 16.5. The van der Waals surface area contributed by atoms with Crippen LogP contribution < -0.4 is 16.4 Å². The molecule has 11 nitrogen and oxygen atoms in total. The van der Waals surface area contributed by atoms with Gasteiger partial charge in [-0.3, -0.25) is 14.5 Å². The van der Waals surface area contributed by atoms with Crippen molar-refractivity contribution < 1.29 is 19.1 Å². The molecule has 1 aromatic carbocycles. The van der Waals surface area contributed by atoms with E-state index in [9.17, 15) is 14.4 Å². The zero-order valence-corrected chi connectivity index (χ0v) is 19.5. The number of nitrogens with zero attached hydrogens (tertiary/aromatic N) is 4. The van der Waals surface area contributed by atoms with E-state index in [0.29, 0.717) is 12.8 Å². The summed E-state index contributed by atoms with van der Waals surface area (Å²) in [4.78, 5) is 51.4. The molecule has 1 aromatic heterocycles. The number of nitrogens with two attached hydrogens (primary N) is 1. The summed E-state index contributed by atoms with van der Waals surface area (Å²) < 4.78 is 5.24. The Morgan fingerprint density at radius 3 is 2.65 bits per heavy atom. The van der Waals surface area contributed by atoms with Gasteiger partial charge in [0.2, 0.25) is 11.9 Å². The zero-order valence-electron chi connectivity index (χ0n) is 19.5. The first-order chi connectivity index (χ1) is 16.1. The summed E-state index contributed by atoms with van der Waals surface area (Å²) in [6.45, 7) is 5.47. The molecule has 2 unspecified atom stereocenters. The Labute approximate surface area is 197 Å². The molecule has 4 N–H and O–H groups in total. The maximum Gasteiger partial charge on any atom is 0.326 e. The van der Waals surface area contributed by atoms with E-state index in [0.717, 1.165) is 17.0 Å². The SMILES string of the molecule is CC1CC(C)(C)CC2(C1)NC(=O)N(CC(=O)OCc1nc(N)nc(Nc3ccccc3)n1)C2=O. The maximum absolute atomic E-state index is 13.2. The van der Waals surface area contributed by atoms with Gasteiger partial charge in [-0.15, -0.1) is 0 Å². The number of carbonyl (C=O) groups is 3. The lowest BCUT2D eigenvalue weighted by Gasteiger charge is -2.43. The van der Waals surface area contributed by atoms with Crippen molar-refractivity contribution in [1.82, 2.24) is 25.2 Å². The molecule has 34 heavy (non-hydrogen) atoms. The average Bonchev–Trinajstić information content (AvgIpc) is 2.94. The first kappa shape index (κ1) is 23.4. The number of anilines is 3. The van der Waals surface area contributed by atoms with Crippen LogP contribution in [0.15, 0.2) is 30.3 Å². The number of carbonyl (C=O) groups excluding carboxylic acids is 3. The molecule has 2 atom stereocenters. The molecular formula is C23H29N7O4.